The molecule has 8 nitrogen and oxygen atoms in total. The Morgan fingerprint density at radius 1 is 1.71 bits per heavy atom. The molecule has 5 N–H and O–H groups in total. The molecule has 2 heterocycles. The molecule has 0 aromatic carbocycles. The van der Waals surface area contributed by atoms with Crippen LogP contribution in [0.2, 0.25) is 0 Å². The van der Waals surface area contributed by atoms with Gasteiger partial charge in [0.1, 0.15) is 5.82 Å². The number of aromatic nitrogens is 3. The number of pyridine rings is 1. The number of fused-ring (bicyclic) bond motifs is 1. The Balaban J connectivity index is 2.59. The molecule has 2 amide bonds. The van der Waals surface area contributed by atoms with Gasteiger partial charge in [-0.2, -0.15) is 0 Å². The van der Waals surface area contributed by atoms with Crippen molar-refractivity contribution >= 4 is 22.8 Å². The van der Waals surface area contributed by atoms with Crippen LogP contribution in [0.4, 0.5) is 10.6 Å². The number of nitrogens with zero attached hydrogens (tertiary/aromatic N) is 2. The SMILES string of the molecule is COc1n[nH]c2cc(NC(N)=O)nc(CO)c12. The molecule has 0 aliphatic carbocycles. The smallest absolute Gasteiger partial charge is 0.317 e. The summed E-state index contributed by atoms with van der Waals surface area (Å²) < 4.78 is 5.03. The normalized spacial score (nSPS) is 10.5. The van der Waals surface area contributed by atoms with E-state index in [2.05, 4.69) is 20.5 Å². The molecule has 0 fully saturated rings. The second kappa shape index (κ2) is 4.26. The number of urea groups is 1. The number of aliphatic hydroxyl groups excluding tert-OH is 1. The van der Waals surface area contributed by atoms with Gasteiger partial charge in [0.25, 0.3) is 0 Å². The summed E-state index contributed by atoms with van der Waals surface area (Å²) in [5.41, 5.74) is 5.92. The summed E-state index contributed by atoms with van der Waals surface area (Å²) in [6.45, 7) is -0.305. The highest BCUT2D eigenvalue weighted by Crippen LogP contribution is 2.27. The van der Waals surface area contributed by atoms with Gasteiger partial charge in [-0.15, -0.1) is 5.10 Å². The van der Waals surface area contributed by atoms with Crippen LogP contribution >= 0.6 is 0 Å². The summed E-state index contributed by atoms with van der Waals surface area (Å²) in [6, 6.07) is 0.821. The van der Waals surface area contributed by atoms with Crippen molar-refractivity contribution in [3.8, 4) is 5.88 Å². The number of carbonyl (C=O) groups excluding carboxylic acids is 1. The molecular formula is C9H11N5O3. The maximum Gasteiger partial charge on any atom is 0.317 e. The van der Waals surface area contributed by atoms with Crippen molar-refractivity contribution in [2.75, 3.05) is 12.4 Å². The van der Waals surface area contributed by atoms with Gasteiger partial charge < -0.3 is 15.6 Å². The van der Waals surface area contributed by atoms with Crippen LogP contribution in [0.1, 0.15) is 5.69 Å². The molecule has 0 radical (unpaired) electrons. The maximum atomic E-state index is 10.7. The number of nitrogens with one attached hydrogen (secondary N) is 2. The van der Waals surface area contributed by atoms with Gasteiger partial charge in [0, 0.05) is 6.07 Å². The molecule has 0 bridgehead atoms. The number of ether oxygens (including phenoxy) is 1. The van der Waals surface area contributed by atoms with Crippen LogP contribution in [0.3, 0.4) is 0 Å². The summed E-state index contributed by atoms with van der Waals surface area (Å²) in [7, 11) is 1.46. The molecule has 17 heavy (non-hydrogen) atoms. The number of anilines is 1. The highest BCUT2D eigenvalue weighted by Gasteiger charge is 2.14. The Labute approximate surface area is 95.8 Å². The lowest BCUT2D eigenvalue weighted by molar-refractivity contribution is 0.259. The second-order valence-corrected chi connectivity index (χ2v) is 3.26. The van der Waals surface area contributed by atoms with E-state index in [1.54, 1.807) is 6.07 Å². The Bertz CT molecular complexity index is 565. The predicted octanol–water partition coefficient (Wildman–Crippen LogP) is -0.0506. The summed E-state index contributed by atoms with van der Waals surface area (Å²) in [6.07, 6.45) is 0. The molecule has 0 aliphatic rings. The molecule has 0 aliphatic heterocycles. The van der Waals surface area contributed by atoms with Crippen LogP contribution in [0.15, 0.2) is 6.07 Å². The van der Waals surface area contributed by atoms with E-state index in [4.69, 9.17) is 10.5 Å². The number of carbonyl (C=O) groups is 1. The zero-order valence-electron chi connectivity index (χ0n) is 9.02. The van der Waals surface area contributed by atoms with Gasteiger partial charge in [-0.3, -0.25) is 10.4 Å². The van der Waals surface area contributed by atoms with Crippen molar-refractivity contribution < 1.29 is 14.6 Å². The largest absolute Gasteiger partial charge is 0.479 e. The summed E-state index contributed by atoms with van der Waals surface area (Å²) in [4.78, 5) is 14.8. The molecule has 0 unspecified atom stereocenters. The van der Waals surface area contributed by atoms with Crippen molar-refractivity contribution in [1.82, 2.24) is 15.2 Å². The molecule has 90 valence electrons. The van der Waals surface area contributed by atoms with E-state index in [0.29, 0.717) is 22.5 Å². The summed E-state index contributed by atoms with van der Waals surface area (Å²) in [5, 5.41) is 18.7. The van der Waals surface area contributed by atoms with E-state index in [1.807, 2.05) is 0 Å². The third kappa shape index (κ3) is 1.97. The maximum absolute atomic E-state index is 10.7. The molecular weight excluding hydrogens is 226 g/mol. The number of rotatable bonds is 3. The second-order valence-electron chi connectivity index (χ2n) is 3.26. The van der Waals surface area contributed by atoms with Crippen LogP contribution in [0, 0.1) is 0 Å². The van der Waals surface area contributed by atoms with Crippen molar-refractivity contribution in [3.05, 3.63) is 11.8 Å². The molecule has 0 saturated carbocycles. The first-order chi connectivity index (χ1) is 8.15. The number of primary amides is 1. The van der Waals surface area contributed by atoms with E-state index in [0.717, 1.165) is 0 Å². The van der Waals surface area contributed by atoms with Crippen LogP contribution in [0.5, 0.6) is 5.88 Å². The molecule has 2 rings (SSSR count). The zero-order valence-corrected chi connectivity index (χ0v) is 9.02. The van der Waals surface area contributed by atoms with Crippen LogP contribution in [-0.4, -0.2) is 33.4 Å². The van der Waals surface area contributed by atoms with Crippen LogP contribution in [0.25, 0.3) is 10.9 Å². The van der Waals surface area contributed by atoms with Gasteiger partial charge in [0.15, 0.2) is 0 Å². The van der Waals surface area contributed by atoms with Crippen molar-refractivity contribution in [1.29, 1.82) is 0 Å². The van der Waals surface area contributed by atoms with E-state index in [1.165, 1.54) is 7.11 Å². The topological polar surface area (TPSA) is 126 Å². The van der Waals surface area contributed by atoms with E-state index < -0.39 is 6.03 Å². The number of nitrogens with two attached hydrogens (primary N) is 1. The highest BCUT2D eigenvalue weighted by molar-refractivity contribution is 5.92. The Morgan fingerprint density at radius 3 is 3.06 bits per heavy atom. The minimum absolute atomic E-state index is 0.236. The van der Waals surface area contributed by atoms with E-state index in [-0.39, 0.29) is 12.4 Å². The standard InChI is InChI=1S/C9H11N5O3/c1-17-8-7-4(13-14-8)2-6(12-9(10)16)11-5(7)3-15/h2,15H,3H2,1H3,(H,13,14)(H3,10,11,12,16). The highest BCUT2D eigenvalue weighted by atomic mass is 16.5. The van der Waals surface area contributed by atoms with Crippen molar-refractivity contribution in [2.24, 2.45) is 5.73 Å². The number of aliphatic hydroxyl groups is 1. The number of amides is 2. The Morgan fingerprint density at radius 2 is 2.47 bits per heavy atom. The Kier molecular flexibility index (Phi) is 2.79. The first kappa shape index (κ1) is 11.1. The zero-order chi connectivity index (χ0) is 12.4. The lowest BCUT2D eigenvalue weighted by Crippen LogP contribution is -2.20. The number of methoxy groups -OCH3 is 1. The minimum Gasteiger partial charge on any atom is -0.479 e. The number of hydrogen-bond donors (Lipinski definition) is 4. The third-order valence-electron chi connectivity index (χ3n) is 2.18. The van der Waals surface area contributed by atoms with Gasteiger partial charge in [-0.05, 0) is 0 Å². The monoisotopic (exact) mass is 237 g/mol. The lowest BCUT2D eigenvalue weighted by Gasteiger charge is -2.05. The Hall–Kier alpha value is -2.35. The van der Waals surface area contributed by atoms with Crippen LogP contribution < -0.4 is 15.8 Å². The molecule has 0 spiro atoms. The number of aromatic amines is 1. The minimum atomic E-state index is -0.729. The summed E-state index contributed by atoms with van der Waals surface area (Å²) in [5.74, 6) is 0.572. The number of hydrogen-bond acceptors (Lipinski definition) is 5. The molecule has 0 atom stereocenters. The van der Waals surface area contributed by atoms with E-state index >= 15 is 0 Å². The fourth-order valence-corrected chi connectivity index (χ4v) is 1.54. The fourth-order valence-electron chi connectivity index (χ4n) is 1.54. The first-order valence-electron chi connectivity index (χ1n) is 4.75. The first-order valence-corrected chi connectivity index (χ1v) is 4.75. The van der Waals surface area contributed by atoms with Crippen molar-refractivity contribution in [2.45, 2.75) is 6.61 Å². The van der Waals surface area contributed by atoms with Crippen molar-refractivity contribution in [3.63, 3.8) is 0 Å². The predicted molar refractivity (Wildman–Crippen MR) is 59.6 cm³/mol. The van der Waals surface area contributed by atoms with Gasteiger partial charge in [-0.1, -0.05) is 0 Å². The molecule has 2 aromatic heterocycles. The summed E-state index contributed by atoms with van der Waals surface area (Å²) >= 11 is 0. The molecule has 8 heteroatoms. The lowest BCUT2D eigenvalue weighted by atomic mass is 10.2. The van der Waals surface area contributed by atoms with Gasteiger partial charge >= 0.3 is 6.03 Å². The molecule has 0 saturated heterocycles. The fraction of sp³-hybridized carbons (Fsp3) is 0.222. The van der Waals surface area contributed by atoms with Gasteiger partial charge in [-0.25, -0.2) is 9.78 Å². The third-order valence-corrected chi connectivity index (χ3v) is 2.18. The quantitative estimate of drug-likeness (QED) is 0.595. The van der Waals surface area contributed by atoms with E-state index in [9.17, 15) is 9.90 Å². The molecule has 2 aromatic rings. The average Bonchev–Trinajstić information content (AvgIpc) is 2.70. The number of H-pyrrole nitrogens is 1. The van der Waals surface area contributed by atoms with Gasteiger partial charge in [0.05, 0.1) is 30.3 Å². The van der Waals surface area contributed by atoms with Crippen LogP contribution in [-0.2, 0) is 6.61 Å². The van der Waals surface area contributed by atoms with Gasteiger partial charge in [0.2, 0.25) is 5.88 Å². The average molecular weight is 237 g/mol.